The fourth-order valence-corrected chi connectivity index (χ4v) is 5.56. The molecule has 0 unspecified atom stereocenters. The molecule has 3 aromatic carbocycles. The predicted molar refractivity (Wildman–Crippen MR) is 149 cm³/mol. The first kappa shape index (κ1) is 25.4. The molecule has 9 heteroatoms. The molecule has 0 aliphatic carbocycles. The average Bonchev–Trinajstić information content (AvgIpc) is 3.62. The summed E-state index contributed by atoms with van der Waals surface area (Å²) in [5.74, 6) is 2.20. The van der Waals surface area contributed by atoms with Crippen molar-refractivity contribution >= 4 is 29.4 Å². The number of carbonyl (C=O) groups is 2. The number of amides is 2. The molecular weight excluding hydrogens is 500 g/mol. The van der Waals surface area contributed by atoms with Gasteiger partial charge >= 0.3 is 0 Å². The summed E-state index contributed by atoms with van der Waals surface area (Å²) >= 11 is 1.56. The number of hydrogen-bond donors (Lipinski definition) is 1. The maximum Gasteiger partial charge on any atom is 0.249 e. The number of hydrogen-bond acceptors (Lipinski definition) is 6. The second-order valence-electron chi connectivity index (χ2n) is 8.77. The summed E-state index contributed by atoms with van der Waals surface area (Å²) in [6.07, 6.45) is 2.06. The zero-order chi connectivity index (χ0) is 26.5. The van der Waals surface area contributed by atoms with Gasteiger partial charge in [-0.15, -0.1) is 16.9 Å². The van der Waals surface area contributed by atoms with Crippen LogP contribution >= 0.6 is 11.8 Å². The van der Waals surface area contributed by atoms with Crippen molar-refractivity contribution in [1.82, 2.24) is 14.7 Å². The van der Waals surface area contributed by atoms with Gasteiger partial charge in [0.05, 0.1) is 32.2 Å². The number of anilines is 1. The van der Waals surface area contributed by atoms with Gasteiger partial charge in [0.15, 0.2) is 17.3 Å². The highest BCUT2D eigenvalue weighted by Crippen LogP contribution is 2.31. The molecule has 1 aliphatic rings. The minimum Gasteiger partial charge on any atom is -0.493 e. The van der Waals surface area contributed by atoms with E-state index in [1.54, 1.807) is 47.7 Å². The number of rotatable bonds is 8. The molecule has 1 aliphatic heterocycles. The molecule has 1 fully saturated rings. The molecule has 1 atom stereocenters. The molecule has 2 amide bonds. The van der Waals surface area contributed by atoms with Crippen LogP contribution in [0, 0.1) is 0 Å². The lowest BCUT2D eigenvalue weighted by molar-refractivity contribution is -0.135. The molecule has 194 valence electrons. The van der Waals surface area contributed by atoms with Crippen molar-refractivity contribution in [3.63, 3.8) is 0 Å². The Kier molecular flexibility index (Phi) is 7.65. The molecule has 0 saturated carbocycles. The van der Waals surface area contributed by atoms with Crippen molar-refractivity contribution in [2.45, 2.75) is 12.5 Å². The van der Waals surface area contributed by atoms with Gasteiger partial charge in [0, 0.05) is 17.5 Å². The fourth-order valence-electron chi connectivity index (χ4n) is 4.38. The van der Waals surface area contributed by atoms with Crippen molar-refractivity contribution < 1.29 is 19.1 Å². The third-order valence-corrected chi connectivity index (χ3v) is 7.38. The number of carbonyl (C=O) groups excluding carboxylic acids is 2. The summed E-state index contributed by atoms with van der Waals surface area (Å²) in [5, 5.41) is 7.70. The summed E-state index contributed by atoms with van der Waals surface area (Å²) in [7, 11) is 3.13. The standard InChI is InChI=1S/C29H28N4O4S/c1-36-25-14-13-20(15-26(25)37-2)16-27(34)32-19-38-18-24(32)29(35)30-28-23(21-9-5-3-6-10-21)17-33(31-28)22-11-7-4-8-12-22/h3-15,17,24H,16,18-19H2,1-2H3,(H,30,31,35)/t24-/m1/s1. The highest BCUT2D eigenvalue weighted by atomic mass is 32.2. The van der Waals surface area contributed by atoms with Crippen LogP contribution in [0.1, 0.15) is 5.56 Å². The Bertz CT molecular complexity index is 1430. The molecule has 8 nitrogen and oxygen atoms in total. The van der Waals surface area contributed by atoms with E-state index in [1.807, 2.05) is 72.9 Å². The van der Waals surface area contributed by atoms with Crippen molar-refractivity contribution in [3.8, 4) is 28.3 Å². The molecule has 1 N–H and O–H groups in total. The van der Waals surface area contributed by atoms with Crippen LogP contribution in [-0.2, 0) is 16.0 Å². The Morgan fingerprint density at radius 1 is 0.974 bits per heavy atom. The fraction of sp³-hybridized carbons (Fsp3) is 0.207. The van der Waals surface area contributed by atoms with Crippen molar-refractivity contribution in [2.75, 3.05) is 31.2 Å². The minimum absolute atomic E-state index is 0.125. The second kappa shape index (κ2) is 11.4. The van der Waals surface area contributed by atoms with E-state index in [2.05, 4.69) is 10.4 Å². The lowest BCUT2D eigenvalue weighted by Crippen LogP contribution is -2.45. The number of para-hydroxylation sites is 1. The van der Waals surface area contributed by atoms with Gasteiger partial charge < -0.3 is 19.7 Å². The van der Waals surface area contributed by atoms with Crippen LogP contribution in [0.5, 0.6) is 11.5 Å². The molecule has 2 heterocycles. The number of benzene rings is 3. The largest absolute Gasteiger partial charge is 0.493 e. The van der Waals surface area contributed by atoms with E-state index < -0.39 is 6.04 Å². The smallest absolute Gasteiger partial charge is 0.249 e. The van der Waals surface area contributed by atoms with Gasteiger partial charge in [0.25, 0.3) is 0 Å². The van der Waals surface area contributed by atoms with Crippen LogP contribution < -0.4 is 14.8 Å². The third kappa shape index (κ3) is 5.38. The zero-order valence-corrected chi connectivity index (χ0v) is 22.0. The first-order valence-electron chi connectivity index (χ1n) is 12.2. The van der Waals surface area contributed by atoms with Crippen molar-refractivity contribution in [1.29, 1.82) is 0 Å². The van der Waals surface area contributed by atoms with Crippen LogP contribution in [0.3, 0.4) is 0 Å². The van der Waals surface area contributed by atoms with Crippen molar-refractivity contribution in [2.24, 2.45) is 0 Å². The highest BCUT2D eigenvalue weighted by Gasteiger charge is 2.35. The Balaban J connectivity index is 1.36. The summed E-state index contributed by atoms with van der Waals surface area (Å²) in [6.45, 7) is 0. The summed E-state index contributed by atoms with van der Waals surface area (Å²) in [5.41, 5.74) is 3.41. The van der Waals surface area contributed by atoms with Crippen LogP contribution in [0.25, 0.3) is 16.8 Å². The number of nitrogens with one attached hydrogen (secondary N) is 1. The number of methoxy groups -OCH3 is 2. The highest BCUT2D eigenvalue weighted by molar-refractivity contribution is 7.99. The monoisotopic (exact) mass is 528 g/mol. The maximum absolute atomic E-state index is 13.5. The molecule has 1 saturated heterocycles. The Morgan fingerprint density at radius 2 is 1.68 bits per heavy atom. The Labute approximate surface area is 225 Å². The molecule has 0 radical (unpaired) electrons. The summed E-state index contributed by atoms with van der Waals surface area (Å²) in [6, 6.07) is 24.3. The van der Waals surface area contributed by atoms with Gasteiger partial charge in [-0.25, -0.2) is 4.68 Å². The van der Waals surface area contributed by atoms with E-state index >= 15 is 0 Å². The number of nitrogens with zero attached hydrogens (tertiary/aromatic N) is 3. The number of thioether (sulfide) groups is 1. The van der Waals surface area contributed by atoms with E-state index in [0.29, 0.717) is 28.9 Å². The van der Waals surface area contributed by atoms with Gasteiger partial charge in [-0.1, -0.05) is 54.6 Å². The average molecular weight is 529 g/mol. The van der Waals surface area contributed by atoms with Gasteiger partial charge in [0.2, 0.25) is 11.8 Å². The molecule has 1 aromatic heterocycles. The van der Waals surface area contributed by atoms with Crippen LogP contribution in [-0.4, -0.2) is 58.4 Å². The molecule has 0 bridgehead atoms. The summed E-state index contributed by atoms with van der Waals surface area (Å²) in [4.78, 5) is 28.4. The van der Waals surface area contributed by atoms with Crippen molar-refractivity contribution in [3.05, 3.63) is 90.6 Å². The van der Waals surface area contributed by atoms with E-state index in [1.165, 1.54) is 0 Å². The number of ether oxygens (including phenoxy) is 2. The van der Waals surface area contributed by atoms with Crippen LogP contribution in [0.4, 0.5) is 5.82 Å². The van der Waals surface area contributed by atoms with E-state index in [4.69, 9.17) is 9.47 Å². The SMILES string of the molecule is COc1ccc(CC(=O)N2CSC[C@@H]2C(=O)Nc2nn(-c3ccccc3)cc2-c2ccccc2)cc1OC. The normalized spacial score (nSPS) is 14.8. The summed E-state index contributed by atoms with van der Waals surface area (Å²) < 4.78 is 12.4. The minimum atomic E-state index is -0.599. The first-order valence-corrected chi connectivity index (χ1v) is 13.3. The first-order chi connectivity index (χ1) is 18.6. The third-order valence-electron chi connectivity index (χ3n) is 6.37. The van der Waals surface area contributed by atoms with Crippen LogP contribution in [0.2, 0.25) is 0 Å². The van der Waals surface area contributed by atoms with E-state index in [9.17, 15) is 9.59 Å². The molecule has 5 rings (SSSR count). The van der Waals surface area contributed by atoms with E-state index in [-0.39, 0.29) is 18.2 Å². The van der Waals surface area contributed by atoms with E-state index in [0.717, 1.165) is 22.4 Å². The Morgan fingerprint density at radius 3 is 2.39 bits per heavy atom. The maximum atomic E-state index is 13.5. The molecular formula is C29H28N4O4S. The lowest BCUT2D eigenvalue weighted by Gasteiger charge is -2.23. The second-order valence-corrected chi connectivity index (χ2v) is 9.77. The zero-order valence-electron chi connectivity index (χ0n) is 21.2. The predicted octanol–water partition coefficient (Wildman–Crippen LogP) is 4.64. The van der Waals surface area contributed by atoms with Gasteiger partial charge in [-0.05, 0) is 35.4 Å². The van der Waals surface area contributed by atoms with Gasteiger partial charge in [0.1, 0.15) is 6.04 Å². The van der Waals surface area contributed by atoms with Gasteiger partial charge in [-0.2, -0.15) is 0 Å². The topological polar surface area (TPSA) is 85.7 Å². The van der Waals surface area contributed by atoms with Crippen LogP contribution in [0.15, 0.2) is 85.1 Å². The van der Waals surface area contributed by atoms with Gasteiger partial charge in [-0.3, -0.25) is 9.59 Å². The lowest BCUT2D eigenvalue weighted by atomic mass is 10.1. The molecule has 4 aromatic rings. The molecule has 38 heavy (non-hydrogen) atoms. The Hall–Kier alpha value is -4.24. The molecule has 0 spiro atoms. The quantitative estimate of drug-likeness (QED) is 0.359. The number of aromatic nitrogens is 2.